The van der Waals surface area contributed by atoms with Crippen molar-refractivity contribution >= 4 is 6.03 Å². The highest BCUT2D eigenvalue weighted by molar-refractivity contribution is 5.74. The van der Waals surface area contributed by atoms with Crippen molar-refractivity contribution in [3.63, 3.8) is 0 Å². The Morgan fingerprint density at radius 3 is 2.00 bits per heavy atom. The summed E-state index contributed by atoms with van der Waals surface area (Å²) in [5.41, 5.74) is 5.85. The third-order valence-corrected chi connectivity index (χ3v) is 3.60. The van der Waals surface area contributed by atoms with E-state index in [9.17, 15) is 4.79 Å². The fourth-order valence-electron chi connectivity index (χ4n) is 1.75. The van der Waals surface area contributed by atoms with Gasteiger partial charge in [-0.15, -0.1) is 0 Å². The average Bonchev–Trinajstić information content (AvgIpc) is 2.33. The van der Waals surface area contributed by atoms with Gasteiger partial charge in [-0.05, 0) is 38.6 Å². The molecule has 4 nitrogen and oxygen atoms in total. The molecule has 0 unspecified atom stereocenters. The summed E-state index contributed by atoms with van der Waals surface area (Å²) in [6.07, 6.45) is 2.00. The zero-order chi connectivity index (χ0) is 12.6. The van der Waals surface area contributed by atoms with Crippen LogP contribution in [0, 0.1) is 5.41 Å². The molecule has 96 valence electrons. The molecule has 0 atom stereocenters. The number of amides is 2. The summed E-state index contributed by atoms with van der Waals surface area (Å²) in [6.45, 7) is 11.0. The monoisotopic (exact) mass is 229 g/mol. The van der Waals surface area contributed by atoms with Crippen molar-refractivity contribution in [2.75, 3.05) is 26.2 Å². The maximum atomic E-state index is 11.8. The number of nitrogens with one attached hydrogen (secondary N) is 1. The van der Waals surface area contributed by atoms with Gasteiger partial charge in [-0.2, -0.15) is 0 Å². The highest BCUT2D eigenvalue weighted by atomic mass is 16.2. The van der Waals surface area contributed by atoms with Crippen LogP contribution in [0.25, 0.3) is 0 Å². The Balaban J connectivity index is 4.25. The molecule has 0 aromatic heterocycles. The van der Waals surface area contributed by atoms with E-state index in [2.05, 4.69) is 19.2 Å². The summed E-state index contributed by atoms with van der Waals surface area (Å²) in [5, 5.41) is 2.99. The standard InChI is InChI=1S/C12H27N3O/c1-5-12(6-2,9-13)10-14-11(16)15(7-3)8-4/h5-10,13H2,1-4H3,(H,14,16). The maximum absolute atomic E-state index is 11.8. The van der Waals surface area contributed by atoms with Crippen LogP contribution < -0.4 is 11.1 Å². The molecule has 0 bridgehead atoms. The van der Waals surface area contributed by atoms with Gasteiger partial charge in [0.15, 0.2) is 0 Å². The molecule has 0 aliphatic heterocycles. The second kappa shape index (κ2) is 7.49. The molecule has 0 saturated heterocycles. The van der Waals surface area contributed by atoms with Crippen LogP contribution in [0.3, 0.4) is 0 Å². The first-order chi connectivity index (χ1) is 7.59. The lowest BCUT2D eigenvalue weighted by Gasteiger charge is -2.31. The van der Waals surface area contributed by atoms with E-state index in [1.54, 1.807) is 4.90 Å². The van der Waals surface area contributed by atoms with Crippen LogP contribution in [0.2, 0.25) is 0 Å². The van der Waals surface area contributed by atoms with Crippen molar-refractivity contribution in [2.45, 2.75) is 40.5 Å². The summed E-state index contributed by atoms with van der Waals surface area (Å²) in [4.78, 5) is 13.6. The second-order valence-corrected chi connectivity index (χ2v) is 4.24. The third kappa shape index (κ3) is 4.00. The largest absolute Gasteiger partial charge is 0.337 e. The Morgan fingerprint density at radius 2 is 1.69 bits per heavy atom. The first-order valence-electron chi connectivity index (χ1n) is 6.31. The van der Waals surface area contributed by atoms with E-state index in [-0.39, 0.29) is 11.4 Å². The van der Waals surface area contributed by atoms with Gasteiger partial charge in [-0.25, -0.2) is 4.79 Å². The molecule has 0 aromatic carbocycles. The molecule has 0 spiro atoms. The van der Waals surface area contributed by atoms with Gasteiger partial charge in [0, 0.05) is 19.6 Å². The smallest absolute Gasteiger partial charge is 0.317 e. The molecule has 4 heteroatoms. The molecule has 0 radical (unpaired) electrons. The van der Waals surface area contributed by atoms with E-state index in [0.717, 1.165) is 25.9 Å². The van der Waals surface area contributed by atoms with Gasteiger partial charge in [-0.1, -0.05) is 13.8 Å². The van der Waals surface area contributed by atoms with Gasteiger partial charge < -0.3 is 16.0 Å². The highest BCUT2D eigenvalue weighted by Gasteiger charge is 2.25. The Hall–Kier alpha value is -0.770. The van der Waals surface area contributed by atoms with Gasteiger partial charge in [-0.3, -0.25) is 0 Å². The zero-order valence-electron chi connectivity index (χ0n) is 11.2. The predicted octanol–water partition coefficient (Wildman–Crippen LogP) is 1.80. The lowest BCUT2D eigenvalue weighted by atomic mass is 9.82. The Bertz CT molecular complexity index is 190. The molecule has 0 aromatic rings. The minimum atomic E-state index is 0.0183. The summed E-state index contributed by atoms with van der Waals surface area (Å²) in [5.74, 6) is 0. The number of carbonyl (C=O) groups excluding carboxylic acids is 1. The van der Waals surface area contributed by atoms with Crippen LogP contribution in [0.5, 0.6) is 0 Å². The molecule has 3 N–H and O–H groups in total. The van der Waals surface area contributed by atoms with Crippen LogP contribution >= 0.6 is 0 Å². The van der Waals surface area contributed by atoms with Crippen molar-refractivity contribution in [1.82, 2.24) is 10.2 Å². The van der Waals surface area contributed by atoms with E-state index in [4.69, 9.17) is 5.73 Å². The molecule has 0 heterocycles. The number of nitrogens with zero attached hydrogens (tertiary/aromatic N) is 1. The number of urea groups is 1. The minimum absolute atomic E-state index is 0.0183. The van der Waals surface area contributed by atoms with Gasteiger partial charge in [0.25, 0.3) is 0 Å². The van der Waals surface area contributed by atoms with Crippen LogP contribution in [0.4, 0.5) is 4.79 Å². The molecule has 0 saturated carbocycles. The second-order valence-electron chi connectivity index (χ2n) is 4.24. The van der Waals surface area contributed by atoms with E-state index < -0.39 is 0 Å². The molecule has 0 aliphatic carbocycles. The van der Waals surface area contributed by atoms with E-state index in [0.29, 0.717) is 13.1 Å². The number of rotatable bonds is 7. The molecule has 16 heavy (non-hydrogen) atoms. The minimum Gasteiger partial charge on any atom is -0.337 e. The first kappa shape index (κ1) is 15.2. The van der Waals surface area contributed by atoms with Crippen LogP contribution in [0.1, 0.15) is 40.5 Å². The molecular formula is C12H27N3O. The molecule has 0 aliphatic rings. The summed E-state index contributed by atoms with van der Waals surface area (Å²) >= 11 is 0. The van der Waals surface area contributed by atoms with Crippen molar-refractivity contribution in [3.8, 4) is 0 Å². The van der Waals surface area contributed by atoms with Crippen molar-refractivity contribution in [1.29, 1.82) is 0 Å². The Morgan fingerprint density at radius 1 is 1.19 bits per heavy atom. The van der Waals surface area contributed by atoms with Crippen LogP contribution in [-0.4, -0.2) is 37.1 Å². The van der Waals surface area contributed by atoms with E-state index >= 15 is 0 Å². The van der Waals surface area contributed by atoms with Gasteiger partial charge in [0.2, 0.25) is 0 Å². The SMILES string of the molecule is CCN(CC)C(=O)NCC(CC)(CC)CN. The predicted molar refractivity (Wildman–Crippen MR) is 68.4 cm³/mol. The first-order valence-corrected chi connectivity index (χ1v) is 6.31. The quantitative estimate of drug-likeness (QED) is 0.699. The van der Waals surface area contributed by atoms with Crippen molar-refractivity contribution in [3.05, 3.63) is 0 Å². The molecule has 0 fully saturated rings. The Labute approximate surface area is 99.6 Å². The van der Waals surface area contributed by atoms with Crippen molar-refractivity contribution in [2.24, 2.45) is 11.1 Å². The lowest BCUT2D eigenvalue weighted by Crippen LogP contribution is -2.46. The van der Waals surface area contributed by atoms with Gasteiger partial charge >= 0.3 is 6.03 Å². The van der Waals surface area contributed by atoms with E-state index in [1.165, 1.54) is 0 Å². The fourth-order valence-corrected chi connectivity index (χ4v) is 1.75. The zero-order valence-corrected chi connectivity index (χ0v) is 11.2. The Kier molecular flexibility index (Phi) is 7.13. The van der Waals surface area contributed by atoms with Crippen LogP contribution in [-0.2, 0) is 0 Å². The summed E-state index contributed by atoms with van der Waals surface area (Å²) in [7, 11) is 0. The normalized spacial score (nSPS) is 11.3. The highest BCUT2D eigenvalue weighted by Crippen LogP contribution is 2.23. The molecular weight excluding hydrogens is 202 g/mol. The van der Waals surface area contributed by atoms with Crippen molar-refractivity contribution < 1.29 is 4.79 Å². The van der Waals surface area contributed by atoms with Gasteiger partial charge in [0.05, 0.1) is 0 Å². The maximum Gasteiger partial charge on any atom is 0.317 e. The lowest BCUT2D eigenvalue weighted by molar-refractivity contribution is 0.190. The number of hydrogen-bond donors (Lipinski definition) is 2. The van der Waals surface area contributed by atoms with E-state index in [1.807, 2.05) is 13.8 Å². The number of nitrogens with two attached hydrogens (primary N) is 1. The summed E-state index contributed by atoms with van der Waals surface area (Å²) in [6, 6.07) is 0.0183. The topological polar surface area (TPSA) is 58.4 Å². The van der Waals surface area contributed by atoms with Gasteiger partial charge in [0.1, 0.15) is 0 Å². The molecule has 2 amide bonds. The fraction of sp³-hybridized carbons (Fsp3) is 0.917. The number of carbonyl (C=O) groups is 1. The average molecular weight is 229 g/mol. The third-order valence-electron chi connectivity index (χ3n) is 3.60. The van der Waals surface area contributed by atoms with Crippen LogP contribution in [0.15, 0.2) is 0 Å². The summed E-state index contributed by atoms with van der Waals surface area (Å²) < 4.78 is 0. The number of hydrogen-bond acceptors (Lipinski definition) is 2. The molecule has 0 rings (SSSR count).